The van der Waals surface area contributed by atoms with Crippen LogP contribution >= 0.6 is 11.3 Å². The third-order valence-electron chi connectivity index (χ3n) is 4.23. The van der Waals surface area contributed by atoms with Crippen molar-refractivity contribution in [2.24, 2.45) is 0 Å². The van der Waals surface area contributed by atoms with Gasteiger partial charge in [-0.25, -0.2) is 9.97 Å². The Bertz CT molecular complexity index is 779. The zero-order valence-electron chi connectivity index (χ0n) is 15.4. The van der Waals surface area contributed by atoms with Crippen LogP contribution < -0.4 is 9.80 Å². The van der Waals surface area contributed by atoms with Crippen LogP contribution in [0.3, 0.4) is 0 Å². The maximum Gasteiger partial charge on any atom is 0.265 e. The molecule has 1 fully saturated rings. The highest BCUT2D eigenvalue weighted by Crippen LogP contribution is 2.21. The van der Waals surface area contributed by atoms with E-state index in [1.165, 1.54) is 11.3 Å². The number of hydrogen-bond donors (Lipinski definition) is 0. The Morgan fingerprint density at radius 2 is 1.76 bits per heavy atom. The van der Waals surface area contributed by atoms with Gasteiger partial charge in [0.25, 0.3) is 5.91 Å². The van der Waals surface area contributed by atoms with Gasteiger partial charge in [0.15, 0.2) is 0 Å². The van der Waals surface area contributed by atoms with Crippen LogP contribution in [-0.2, 0) is 0 Å². The zero-order valence-corrected chi connectivity index (χ0v) is 16.2. The summed E-state index contributed by atoms with van der Waals surface area (Å²) in [4.78, 5) is 33.1. The van der Waals surface area contributed by atoms with Gasteiger partial charge in [-0.15, -0.1) is 11.3 Å². The number of anilines is 2. The number of carbonyl (C=O) groups excluding carboxylic acids is 1. The van der Waals surface area contributed by atoms with E-state index >= 15 is 0 Å². The molecule has 0 unspecified atom stereocenters. The lowest BCUT2D eigenvalue weighted by Crippen LogP contribution is -2.49. The van der Waals surface area contributed by atoms with Crippen LogP contribution in [0.4, 0.5) is 11.8 Å². The SMILES string of the molecule is Cc1cc(N(C)C)nc(N2CCN(C(=O)c3sc(C)nc3C)CC2)n1. The number of hydrogen-bond acceptors (Lipinski definition) is 7. The van der Waals surface area contributed by atoms with Crippen molar-refractivity contribution in [2.45, 2.75) is 20.8 Å². The maximum absolute atomic E-state index is 12.7. The summed E-state index contributed by atoms with van der Waals surface area (Å²) >= 11 is 1.47. The van der Waals surface area contributed by atoms with E-state index in [4.69, 9.17) is 0 Å². The second-order valence-corrected chi connectivity index (χ2v) is 7.69. The highest BCUT2D eigenvalue weighted by atomic mass is 32.1. The van der Waals surface area contributed by atoms with E-state index < -0.39 is 0 Å². The third kappa shape index (κ3) is 3.73. The first-order chi connectivity index (χ1) is 11.8. The van der Waals surface area contributed by atoms with Crippen molar-refractivity contribution < 1.29 is 4.79 Å². The predicted molar refractivity (Wildman–Crippen MR) is 101 cm³/mol. The summed E-state index contributed by atoms with van der Waals surface area (Å²) in [7, 11) is 3.95. The molecule has 3 heterocycles. The van der Waals surface area contributed by atoms with Crippen LogP contribution in [0.1, 0.15) is 26.1 Å². The minimum atomic E-state index is 0.0851. The maximum atomic E-state index is 12.7. The molecule has 0 aliphatic carbocycles. The largest absolute Gasteiger partial charge is 0.363 e. The molecular weight excluding hydrogens is 336 g/mol. The molecule has 0 saturated carbocycles. The summed E-state index contributed by atoms with van der Waals surface area (Å²) in [6.07, 6.45) is 0. The van der Waals surface area contributed by atoms with E-state index in [2.05, 4.69) is 19.9 Å². The lowest BCUT2D eigenvalue weighted by atomic mass is 10.3. The summed E-state index contributed by atoms with van der Waals surface area (Å²) in [5, 5.41) is 0.934. The molecule has 0 atom stereocenters. The van der Waals surface area contributed by atoms with Gasteiger partial charge in [-0.2, -0.15) is 4.98 Å². The van der Waals surface area contributed by atoms with Crippen LogP contribution in [0.5, 0.6) is 0 Å². The molecule has 25 heavy (non-hydrogen) atoms. The first-order valence-corrected chi connectivity index (χ1v) is 9.18. The normalized spacial score (nSPS) is 14.8. The van der Waals surface area contributed by atoms with Crippen molar-refractivity contribution in [3.63, 3.8) is 0 Å². The van der Waals surface area contributed by atoms with E-state index in [0.29, 0.717) is 13.1 Å². The van der Waals surface area contributed by atoms with Crippen LogP contribution in [-0.4, -0.2) is 66.0 Å². The van der Waals surface area contributed by atoms with Crippen LogP contribution in [0.15, 0.2) is 6.07 Å². The summed E-state index contributed by atoms with van der Waals surface area (Å²) in [6.45, 7) is 8.62. The highest BCUT2D eigenvalue weighted by molar-refractivity contribution is 7.13. The van der Waals surface area contributed by atoms with Gasteiger partial charge in [-0.3, -0.25) is 4.79 Å². The molecule has 1 aliphatic rings. The number of nitrogens with zero attached hydrogens (tertiary/aromatic N) is 6. The Morgan fingerprint density at radius 1 is 1.08 bits per heavy atom. The fourth-order valence-electron chi connectivity index (χ4n) is 2.89. The molecule has 3 rings (SSSR count). The fraction of sp³-hybridized carbons (Fsp3) is 0.529. The van der Waals surface area contributed by atoms with Gasteiger partial charge in [-0.05, 0) is 20.8 Å². The third-order valence-corrected chi connectivity index (χ3v) is 5.30. The minimum Gasteiger partial charge on any atom is -0.363 e. The number of piperazine rings is 1. The number of amides is 1. The van der Waals surface area contributed by atoms with E-state index in [-0.39, 0.29) is 5.91 Å². The van der Waals surface area contributed by atoms with Crippen molar-refractivity contribution in [2.75, 3.05) is 50.1 Å². The number of rotatable bonds is 3. The van der Waals surface area contributed by atoms with Crippen molar-refractivity contribution in [3.05, 3.63) is 27.3 Å². The van der Waals surface area contributed by atoms with Crippen LogP contribution in [0, 0.1) is 20.8 Å². The smallest absolute Gasteiger partial charge is 0.265 e. The molecule has 2 aromatic heterocycles. The topological polar surface area (TPSA) is 65.5 Å². The van der Waals surface area contributed by atoms with Crippen molar-refractivity contribution >= 4 is 29.0 Å². The monoisotopic (exact) mass is 360 g/mol. The van der Waals surface area contributed by atoms with Crippen LogP contribution in [0.25, 0.3) is 0 Å². The number of thiazole rings is 1. The highest BCUT2D eigenvalue weighted by Gasteiger charge is 2.26. The Labute approximate surface area is 152 Å². The minimum absolute atomic E-state index is 0.0851. The van der Waals surface area contributed by atoms with Gasteiger partial charge in [0.1, 0.15) is 10.7 Å². The van der Waals surface area contributed by atoms with Gasteiger partial charge >= 0.3 is 0 Å². The summed E-state index contributed by atoms with van der Waals surface area (Å²) in [5.41, 5.74) is 1.77. The van der Waals surface area contributed by atoms with Gasteiger partial charge in [0.05, 0.1) is 10.7 Å². The zero-order chi connectivity index (χ0) is 18.1. The molecule has 0 aromatic carbocycles. The van der Waals surface area contributed by atoms with Gasteiger partial charge in [0, 0.05) is 52.0 Å². The molecule has 1 amide bonds. The molecule has 134 valence electrons. The lowest BCUT2D eigenvalue weighted by Gasteiger charge is -2.35. The van der Waals surface area contributed by atoms with Gasteiger partial charge < -0.3 is 14.7 Å². The number of aromatic nitrogens is 3. The standard InChI is InChI=1S/C17H24N6OS/c1-11-10-14(21(4)5)20-17(18-11)23-8-6-22(7-9-23)16(24)15-12(2)19-13(3)25-15/h10H,6-9H2,1-5H3. The molecule has 0 bridgehead atoms. The quantitative estimate of drug-likeness (QED) is 0.833. The Kier molecular flexibility index (Phi) is 4.89. The Balaban J connectivity index is 1.70. The van der Waals surface area contributed by atoms with Crippen molar-refractivity contribution in [1.82, 2.24) is 19.9 Å². The summed E-state index contributed by atoms with van der Waals surface area (Å²) in [6, 6.07) is 1.97. The van der Waals surface area contributed by atoms with Crippen molar-refractivity contribution in [3.8, 4) is 0 Å². The Morgan fingerprint density at radius 3 is 2.32 bits per heavy atom. The molecule has 0 N–H and O–H groups in total. The average molecular weight is 360 g/mol. The predicted octanol–water partition coefficient (Wildman–Crippen LogP) is 1.89. The van der Waals surface area contributed by atoms with E-state index in [0.717, 1.165) is 46.1 Å². The summed E-state index contributed by atoms with van der Waals surface area (Å²) < 4.78 is 0. The van der Waals surface area contributed by atoms with E-state index in [1.54, 1.807) is 0 Å². The van der Waals surface area contributed by atoms with E-state index in [1.807, 2.05) is 50.7 Å². The van der Waals surface area contributed by atoms with Gasteiger partial charge in [-0.1, -0.05) is 0 Å². The van der Waals surface area contributed by atoms with Crippen molar-refractivity contribution in [1.29, 1.82) is 0 Å². The first kappa shape index (κ1) is 17.6. The summed E-state index contributed by atoms with van der Waals surface area (Å²) in [5.74, 6) is 1.72. The second-order valence-electron chi connectivity index (χ2n) is 6.49. The molecule has 2 aromatic rings. The molecule has 0 radical (unpaired) electrons. The van der Waals surface area contributed by atoms with Crippen LogP contribution in [0.2, 0.25) is 0 Å². The fourth-order valence-corrected chi connectivity index (χ4v) is 3.78. The van der Waals surface area contributed by atoms with Gasteiger partial charge in [0.2, 0.25) is 5.95 Å². The Hall–Kier alpha value is -2.22. The molecule has 7 nitrogen and oxygen atoms in total. The first-order valence-electron chi connectivity index (χ1n) is 8.36. The second kappa shape index (κ2) is 6.95. The number of carbonyl (C=O) groups is 1. The molecular formula is C17H24N6OS. The number of aryl methyl sites for hydroxylation is 3. The van der Waals surface area contributed by atoms with E-state index in [9.17, 15) is 4.79 Å². The lowest BCUT2D eigenvalue weighted by molar-refractivity contribution is 0.0750. The average Bonchev–Trinajstić information content (AvgIpc) is 2.92. The molecule has 1 saturated heterocycles. The molecule has 0 spiro atoms. The molecule has 1 aliphatic heterocycles. The molecule has 8 heteroatoms.